The average molecular weight is 254 g/mol. The fraction of sp³-hybridized carbons (Fsp3) is 0.500. The van der Waals surface area contributed by atoms with Crippen molar-refractivity contribution in [3.8, 4) is 0 Å². The minimum atomic E-state index is -1.37. The molecule has 1 unspecified atom stereocenters. The molecule has 0 aliphatic rings. The molecule has 0 bridgehead atoms. The molecular weight excluding hydrogens is 246 g/mol. The molecule has 0 aromatic rings. The number of nitrogens with one attached hydrogen (secondary N) is 1. The lowest BCUT2D eigenvalue weighted by atomic mass is 10.2. The fourth-order valence-electron chi connectivity index (χ4n) is 0.608. The molecule has 13 heavy (non-hydrogen) atoms. The van der Waals surface area contributed by atoms with Gasteiger partial charge in [-0.05, 0) is 0 Å². The maximum atomic E-state index is 10.7. The summed E-state index contributed by atoms with van der Waals surface area (Å²) < 4.78 is 0. The monoisotopic (exact) mass is 253 g/mol. The number of rotatable bonds is 5. The van der Waals surface area contributed by atoms with Crippen molar-refractivity contribution in [3.63, 3.8) is 0 Å². The summed E-state index contributed by atoms with van der Waals surface area (Å²) in [7, 11) is 0. The van der Waals surface area contributed by atoms with Gasteiger partial charge in [-0.1, -0.05) is 15.9 Å². The summed E-state index contributed by atoms with van der Waals surface area (Å²) in [6.07, 6.45) is -0.631. The van der Waals surface area contributed by atoms with E-state index in [9.17, 15) is 14.4 Å². The van der Waals surface area contributed by atoms with E-state index >= 15 is 0 Å². The van der Waals surface area contributed by atoms with Gasteiger partial charge in [0.05, 0.1) is 11.8 Å². The van der Waals surface area contributed by atoms with E-state index in [0.717, 1.165) is 0 Å². The van der Waals surface area contributed by atoms with Gasteiger partial charge >= 0.3 is 11.9 Å². The topological polar surface area (TPSA) is 104 Å². The first kappa shape index (κ1) is 11.9. The number of halogens is 1. The number of aliphatic carboxylic acids is 2. The highest BCUT2D eigenvalue weighted by molar-refractivity contribution is 9.09. The molecule has 0 saturated carbocycles. The largest absolute Gasteiger partial charge is 0.481 e. The van der Waals surface area contributed by atoms with Crippen LogP contribution in [0.25, 0.3) is 0 Å². The second kappa shape index (κ2) is 5.52. The lowest BCUT2D eigenvalue weighted by Crippen LogP contribution is -2.42. The second-order valence-electron chi connectivity index (χ2n) is 2.19. The van der Waals surface area contributed by atoms with Crippen molar-refractivity contribution in [3.05, 3.63) is 0 Å². The van der Waals surface area contributed by atoms with Crippen molar-refractivity contribution in [2.45, 2.75) is 12.5 Å². The van der Waals surface area contributed by atoms with Crippen LogP contribution >= 0.6 is 15.9 Å². The molecule has 0 radical (unpaired) electrons. The number of carboxylic acid groups (broad SMARTS) is 2. The minimum absolute atomic E-state index is 0.0591. The highest BCUT2D eigenvalue weighted by Gasteiger charge is 2.22. The van der Waals surface area contributed by atoms with E-state index in [1.807, 2.05) is 5.32 Å². The summed E-state index contributed by atoms with van der Waals surface area (Å²) in [5, 5.41) is 18.7. The highest BCUT2D eigenvalue weighted by atomic mass is 79.9. The first-order valence-corrected chi connectivity index (χ1v) is 4.39. The molecule has 0 aliphatic carbocycles. The number of carbonyl (C=O) groups is 3. The maximum Gasteiger partial charge on any atom is 0.326 e. The molecule has 74 valence electrons. The Hall–Kier alpha value is -1.11. The maximum absolute atomic E-state index is 10.7. The van der Waals surface area contributed by atoms with E-state index < -0.39 is 30.3 Å². The van der Waals surface area contributed by atoms with Crippen molar-refractivity contribution in [2.24, 2.45) is 0 Å². The van der Waals surface area contributed by atoms with Gasteiger partial charge in [-0.25, -0.2) is 4.79 Å². The van der Waals surface area contributed by atoms with Crippen LogP contribution in [0.2, 0.25) is 0 Å². The zero-order valence-electron chi connectivity index (χ0n) is 6.49. The van der Waals surface area contributed by atoms with Gasteiger partial charge in [0.2, 0.25) is 5.91 Å². The standard InChI is InChI=1S/C6H8BrNO5/c7-2-4(9)8-3(6(12)13)1-5(10)11/h3H,1-2H2,(H,8,9)(H,10,11)(H,12,13). The van der Waals surface area contributed by atoms with E-state index in [2.05, 4.69) is 15.9 Å². The summed E-state index contributed by atoms with van der Waals surface area (Å²) in [6.45, 7) is 0. The van der Waals surface area contributed by atoms with Crippen LogP contribution in [0.4, 0.5) is 0 Å². The van der Waals surface area contributed by atoms with Crippen molar-refractivity contribution in [1.29, 1.82) is 0 Å². The molecule has 1 atom stereocenters. The van der Waals surface area contributed by atoms with Crippen LogP contribution in [0.5, 0.6) is 0 Å². The van der Waals surface area contributed by atoms with Crippen molar-refractivity contribution >= 4 is 33.8 Å². The predicted octanol–water partition coefficient (Wildman–Crippen LogP) is -0.575. The summed E-state index contributed by atoms with van der Waals surface area (Å²) >= 11 is 2.81. The number of carbonyl (C=O) groups excluding carboxylic acids is 1. The Morgan fingerprint density at radius 1 is 1.31 bits per heavy atom. The van der Waals surface area contributed by atoms with Crippen LogP contribution in [-0.4, -0.2) is 39.4 Å². The lowest BCUT2D eigenvalue weighted by Gasteiger charge is -2.10. The minimum Gasteiger partial charge on any atom is -0.481 e. The fourth-order valence-corrected chi connectivity index (χ4v) is 0.769. The molecule has 0 fully saturated rings. The lowest BCUT2D eigenvalue weighted by molar-refractivity contribution is -0.147. The van der Waals surface area contributed by atoms with Gasteiger partial charge in [0.1, 0.15) is 6.04 Å². The molecule has 6 nitrogen and oxygen atoms in total. The number of hydrogen-bond donors (Lipinski definition) is 3. The van der Waals surface area contributed by atoms with Crippen molar-refractivity contribution in [1.82, 2.24) is 5.32 Å². The van der Waals surface area contributed by atoms with Crippen LogP contribution in [0, 0.1) is 0 Å². The molecule has 0 saturated heterocycles. The third-order valence-corrected chi connectivity index (χ3v) is 1.64. The highest BCUT2D eigenvalue weighted by Crippen LogP contribution is 1.93. The Morgan fingerprint density at radius 3 is 2.15 bits per heavy atom. The number of hydrogen-bond acceptors (Lipinski definition) is 3. The Kier molecular flexibility index (Phi) is 5.05. The number of amides is 1. The molecule has 0 spiro atoms. The van der Waals surface area contributed by atoms with Gasteiger partial charge in [-0.2, -0.15) is 0 Å². The third kappa shape index (κ3) is 5.18. The van der Waals surface area contributed by atoms with E-state index in [-0.39, 0.29) is 5.33 Å². The molecule has 3 N–H and O–H groups in total. The normalized spacial score (nSPS) is 11.8. The van der Waals surface area contributed by atoms with E-state index in [1.165, 1.54) is 0 Å². The summed E-state index contributed by atoms with van der Waals surface area (Å²) in [4.78, 5) is 31.2. The Labute approximate surface area is 82.1 Å². The van der Waals surface area contributed by atoms with E-state index in [4.69, 9.17) is 10.2 Å². The van der Waals surface area contributed by atoms with Gasteiger partial charge in [-0.3, -0.25) is 9.59 Å². The predicted molar refractivity (Wildman–Crippen MR) is 45.6 cm³/mol. The molecule has 0 aliphatic heterocycles. The molecular formula is C6H8BrNO5. The van der Waals surface area contributed by atoms with Gasteiger partial charge in [0.25, 0.3) is 0 Å². The third-order valence-electron chi connectivity index (χ3n) is 1.13. The van der Waals surface area contributed by atoms with Gasteiger partial charge in [0.15, 0.2) is 0 Å². The smallest absolute Gasteiger partial charge is 0.326 e. The first-order chi connectivity index (χ1) is 5.97. The molecule has 7 heteroatoms. The van der Waals surface area contributed by atoms with Crippen LogP contribution in [0.1, 0.15) is 6.42 Å². The van der Waals surface area contributed by atoms with Crippen molar-refractivity contribution in [2.75, 3.05) is 5.33 Å². The number of alkyl halides is 1. The van der Waals surface area contributed by atoms with Crippen LogP contribution in [0.3, 0.4) is 0 Å². The zero-order chi connectivity index (χ0) is 10.4. The molecule has 0 heterocycles. The molecule has 1 amide bonds. The quantitative estimate of drug-likeness (QED) is 0.570. The Morgan fingerprint density at radius 2 is 1.85 bits per heavy atom. The van der Waals surface area contributed by atoms with Crippen LogP contribution < -0.4 is 5.32 Å². The Bertz CT molecular complexity index is 229. The van der Waals surface area contributed by atoms with Gasteiger partial charge in [-0.15, -0.1) is 0 Å². The Balaban J connectivity index is 4.18. The second-order valence-corrected chi connectivity index (χ2v) is 2.75. The molecule has 0 rings (SSSR count). The zero-order valence-corrected chi connectivity index (χ0v) is 8.07. The van der Waals surface area contributed by atoms with Gasteiger partial charge < -0.3 is 15.5 Å². The molecule has 0 aromatic carbocycles. The average Bonchev–Trinajstić information content (AvgIpc) is 2.02. The summed E-state index contributed by atoms with van der Waals surface area (Å²) in [5.74, 6) is -3.20. The van der Waals surface area contributed by atoms with E-state index in [1.54, 1.807) is 0 Å². The van der Waals surface area contributed by atoms with Crippen molar-refractivity contribution < 1.29 is 24.6 Å². The summed E-state index contributed by atoms with van der Waals surface area (Å²) in [6, 6.07) is -1.37. The number of carboxylic acids is 2. The van der Waals surface area contributed by atoms with Crippen LogP contribution in [-0.2, 0) is 14.4 Å². The SMILES string of the molecule is O=C(O)CC(NC(=O)CBr)C(=O)O. The van der Waals surface area contributed by atoms with E-state index in [0.29, 0.717) is 0 Å². The molecule has 0 aromatic heterocycles. The van der Waals surface area contributed by atoms with Gasteiger partial charge in [0, 0.05) is 0 Å². The first-order valence-electron chi connectivity index (χ1n) is 3.27. The summed E-state index contributed by atoms with van der Waals surface area (Å²) in [5.41, 5.74) is 0. The van der Waals surface area contributed by atoms with Crippen LogP contribution in [0.15, 0.2) is 0 Å².